The molecular formula is C13H20N2O4S. The Hall–Kier alpha value is -1.60. The predicted octanol–water partition coefficient (Wildman–Crippen LogP) is 1.65. The number of sulfonamides is 1. The first-order valence-electron chi connectivity index (χ1n) is 6.49. The zero-order valence-corrected chi connectivity index (χ0v) is 12.4. The Kier molecular flexibility index (Phi) is 5.97. The number of carboxylic acids is 1. The molecule has 0 aliphatic carbocycles. The Morgan fingerprint density at radius 3 is 2.30 bits per heavy atom. The van der Waals surface area contributed by atoms with E-state index in [0.717, 1.165) is 6.42 Å². The maximum absolute atomic E-state index is 11.9. The lowest BCUT2D eigenvalue weighted by atomic mass is 10.2. The van der Waals surface area contributed by atoms with Crippen LogP contribution in [0, 0.1) is 0 Å². The van der Waals surface area contributed by atoms with Gasteiger partial charge in [0.25, 0.3) is 0 Å². The van der Waals surface area contributed by atoms with Crippen molar-refractivity contribution in [2.45, 2.75) is 37.6 Å². The second-order valence-electron chi connectivity index (χ2n) is 4.37. The summed E-state index contributed by atoms with van der Waals surface area (Å²) in [5, 5.41) is 11.8. The van der Waals surface area contributed by atoms with Crippen molar-refractivity contribution in [3.05, 3.63) is 24.3 Å². The zero-order valence-electron chi connectivity index (χ0n) is 11.6. The van der Waals surface area contributed by atoms with Gasteiger partial charge in [-0.05, 0) is 37.1 Å². The van der Waals surface area contributed by atoms with E-state index in [4.69, 9.17) is 5.11 Å². The number of aliphatic carboxylic acids is 1. The average Bonchev–Trinajstić information content (AvgIpc) is 2.42. The molecule has 0 aromatic heterocycles. The van der Waals surface area contributed by atoms with Crippen LogP contribution in [0.1, 0.15) is 26.7 Å². The molecular weight excluding hydrogens is 280 g/mol. The summed E-state index contributed by atoms with van der Waals surface area (Å²) in [4.78, 5) is 11.1. The highest BCUT2D eigenvalue weighted by molar-refractivity contribution is 7.89. The van der Waals surface area contributed by atoms with Crippen molar-refractivity contribution >= 4 is 21.7 Å². The van der Waals surface area contributed by atoms with E-state index in [-0.39, 0.29) is 4.90 Å². The number of nitrogens with one attached hydrogen (secondary N) is 2. The Labute approximate surface area is 119 Å². The Balaban J connectivity index is 2.81. The first-order valence-corrected chi connectivity index (χ1v) is 7.98. The molecule has 0 aliphatic heterocycles. The highest BCUT2D eigenvalue weighted by atomic mass is 32.2. The number of benzene rings is 1. The number of hydrogen-bond acceptors (Lipinski definition) is 4. The van der Waals surface area contributed by atoms with Gasteiger partial charge in [-0.1, -0.05) is 13.8 Å². The largest absolute Gasteiger partial charge is 0.480 e. The summed E-state index contributed by atoms with van der Waals surface area (Å²) in [6, 6.07) is 5.35. The molecule has 0 spiro atoms. The molecule has 3 N–H and O–H groups in total. The summed E-state index contributed by atoms with van der Waals surface area (Å²) in [6.07, 6.45) is 1.16. The summed E-state index contributed by atoms with van der Waals surface area (Å²) >= 11 is 0. The minimum Gasteiger partial charge on any atom is -0.480 e. The quantitative estimate of drug-likeness (QED) is 0.678. The number of carboxylic acid groups (broad SMARTS) is 1. The second kappa shape index (κ2) is 7.25. The molecule has 20 heavy (non-hydrogen) atoms. The van der Waals surface area contributed by atoms with Crippen molar-refractivity contribution in [1.29, 1.82) is 0 Å². The van der Waals surface area contributed by atoms with Gasteiger partial charge >= 0.3 is 5.97 Å². The van der Waals surface area contributed by atoms with Crippen molar-refractivity contribution < 1.29 is 18.3 Å². The van der Waals surface area contributed by atoms with Gasteiger partial charge in [0, 0.05) is 12.2 Å². The molecule has 1 rings (SSSR count). The molecule has 0 radical (unpaired) electrons. The maximum Gasteiger partial charge on any atom is 0.326 e. The molecule has 0 heterocycles. The van der Waals surface area contributed by atoms with Crippen LogP contribution in [-0.2, 0) is 14.8 Å². The topological polar surface area (TPSA) is 95.5 Å². The van der Waals surface area contributed by atoms with Gasteiger partial charge in [0.15, 0.2) is 0 Å². The average molecular weight is 300 g/mol. The van der Waals surface area contributed by atoms with Gasteiger partial charge in [0.1, 0.15) is 6.04 Å². The molecule has 1 atom stereocenters. The number of carbonyl (C=O) groups is 1. The summed E-state index contributed by atoms with van der Waals surface area (Å²) in [6.45, 7) is 4.03. The van der Waals surface area contributed by atoms with E-state index in [0.29, 0.717) is 18.7 Å². The van der Waals surface area contributed by atoms with E-state index < -0.39 is 22.0 Å². The first-order chi connectivity index (χ1) is 9.40. The molecule has 0 saturated carbocycles. The van der Waals surface area contributed by atoms with Crippen LogP contribution >= 0.6 is 0 Å². The fraction of sp³-hybridized carbons (Fsp3) is 0.462. The SMILES string of the molecule is CCCNS(=O)(=O)c1ccc(NC(CC)C(=O)O)cc1. The van der Waals surface area contributed by atoms with Crippen molar-refractivity contribution in [2.75, 3.05) is 11.9 Å². The predicted molar refractivity (Wildman–Crippen MR) is 77.3 cm³/mol. The Morgan fingerprint density at radius 1 is 1.25 bits per heavy atom. The molecule has 0 aliphatic rings. The normalized spacial score (nSPS) is 12.9. The van der Waals surface area contributed by atoms with Gasteiger partial charge in [-0.2, -0.15) is 0 Å². The monoisotopic (exact) mass is 300 g/mol. The van der Waals surface area contributed by atoms with Gasteiger partial charge in [-0.15, -0.1) is 0 Å². The lowest BCUT2D eigenvalue weighted by molar-refractivity contribution is -0.137. The minimum atomic E-state index is -3.48. The standard InChI is InChI=1S/C13H20N2O4S/c1-3-9-14-20(18,19)11-7-5-10(6-8-11)15-12(4-2)13(16)17/h5-8,12,14-15H,3-4,9H2,1-2H3,(H,16,17). The molecule has 1 aromatic carbocycles. The van der Waals surface area contributed by atoms with Crippen molar-refractivity contribution in [3.63, 3.8) is 0 Å². The highest BCUT2D eigenvalue weighted by Crippen LogP contribution is 2.15. The van der Waals surface area contributed by atoms with Crippen molar-refractivity contribution in [2.24, 2.45) is 0 Å². The van der Waals surface area contributed by atoms with Crippen LogP contribution in [0.4, 0.5) is 5.69 Å². The molecule has 1 aromatic rings. The zero-order chi connectivity index (χ0) is 15.2. The van der Waals surface area contributed by atoms with E-state index in [1.807, 2.05) is 6.92 Å². The maximum atomic E-state index is 11.9. The van der Waals surface area contributed by atoms with Crippen LogP contribution in [0.3, 0.4) is 0 Å². The Morgan fingerprint density at radius 2 is 1.85 bits per heavy atom. The third-order valence-corrected chi connectivity index (χ3v) is 4.23. The van der Waals surface area contributed by atoms with E-state index in [2.05, 4.69) is 10.0 Å². The molecule has 1 unspecified atom stereocenters. The third-order valence-electron chi connectivity index (χ3n) is 2.75. The van der Waals surface area contributed by atoms with E-state index in [9.17, 15) is 13.2 Å². The van der Waals surface area contributed by atoms with E-state index in [1.165, 1.54) is 12.1 Å². The number of anilines is 1. The molecule has 0 saturated heterocycles. The van der Waals surface area contributed by atoms with Gasteiger partial charge in [-0.25, -0.2) is 17.9 Å². The van der Waals surface area contributed by atoms with Gasteiger partial charge in [-0.3, -0.25) is 0 Å². The van der Waals surface area contributed by atoms with Crippen LogP contribution in [0.15, 0.2) is 29.2 Å². The lowest BCUT2D eigenvalue weighted by Gasteiger charge is -2.14. The van der Waals surface area contributed by atoms with Gasteiger partial charge in [0.2, 0.25) is 10.0 Å². The lowest BCUT2D eigenvalue weighted by Crippen LogP contribution is -2.28. The number of rotatable bonds is 8. The third kappa shape index (κ3) is 4.50. The van der Waals surface area contributed by atoms with Crippen LogP contribution in [-0.4, -0.2) is 32.1 Å². The minimum absolute atomic E-state index is 0.167. The fourth-order valence-electron chi connectivity index (χ4n) is 1.59. The molecule has 0 amide bonds. The summed E-state index contributed by atoms with van der Waals surface area (Å²) in [5.74, 6) is -0.936. The highest BCUT2D eigenvalue weighted by Gasteiger charge is 2.16. The summed E-state index contributed by atoms with van der Waals surface area (Å²) in [7, 11) is -3.48. The summed E-state index contributed by atoms with van der Waals surface area (Å²) in [5.41, 5.74) is 0.577. The first kappa shape index (κ1) is 16.5. The Bertz CT molecular complexity index is 540. The van der Waals surface area contributed by atoms with E-state index in [1.54, 1.807) is 19.1 Å². The molecule has 7 heteroatoms. The van der Waals surface area contributed by atoms with Gasteiger partial charge < -0.3 is 10.4 Å². The second-order valence-corrected chi connectivity index (χ2v) is 6.13. The van der Waals surface area contributed by atoms with Crippen molar-refractivity contribution in [3.8, 4) is 0 Å². The number of hydrogen-bond donors (Lipinski definition) is 3. The van der Waals surface area contributed by atoms with E-state index >= 15 is 0 Å². The summed E-state index contributed by atoms with van der Waals surface area (Å²) < 4.78 is 26.2. The van der Waals surface area contributed by atoms with Crippen LogP contribution in [0.2, 0.25) is 0 Å². The molecule has 0 fully saturated rings. The van der Waals surface area contributed by atoms with Gasteiger partial charge in [0.05, 0.1) is 4.90 Å². The van der Waals surface area contributed by atoms with Crippen LogP contribution in [0.25, 0.3) is 0 Å². The molecule has 112 valence electrons. The molecule has 0 bridgehead atoms. The van der Waals surface area contributed by atoms with Crippen LogP contribution < -0.4 is 10.0 Å². The van der Waals surface area contributed by atoms with Crippen LogP contribution in [0.5, 0.6) is 0 Å². The van der Waals surface area contributed by atoms with Crippen molar-refractivity contribution in [1.82, 2.24) is 4.72 Å². The smallest absolute Gasteiger partial charge is 0.326 e. The fourth-order valence-corrected chi connectivity index (χ4v) is 2.72. The molecule has 6 nitrogen and oxygen atoms in total.